The van der Waals surface area contributed by atoms with Crippen LogP contribution in [0.15, 0.2) is 18.3 Å². The number of anilines is 2. The van der Waals surface area contributed by atoms with E-state index < -0.39 is 0 Å². The fourth-order valence-electron chi connectivity index (χ4n) is 1.12. The van der Waals surface area contributed by atoms with Crippen LogP contribution in [0.4, 0.5) is 11.5 Å². The molecule has 0 aromatic carbocycles. The van der Waals surface area contributed by atoms with E-state index in [1.54, 1.807) is 30.3 Å². The number of hydrogen-bond acceptors (Lipinski definition) is 3. The first-order chi connectivity index (χ1) is 6.65. The maximum absolute atomic E-state index is 11.5. The number of carbonyl (C=O) groups excluding carboxylic acids is 1. The number of pyridine rings is 1. The van der Waals surface area contributed by atoms with Gasteiger partial charge in [0.1, 0.15) is 5.82 Å². The second kappa shape index (κ2) is 4.60. The average molecular weight is 193 g/mol. The largest absolute Gasteiger partial charge is 0.384 e. The lowest BCUT2D eigenvalue weighted by Crippen LogP contribution is -2.25. The molecule has 4 heteroatoms. The van der Waals surface area contributed by atoms with Crippen molar-refractivity contribution in [2.75, 3.05) is 17.7 Å². The van der Waals surface area contributed by atoms with Crippen molar-refractivity contribution >= 4 is 17.4 Å². The summed E-state index contributed by atoms with van der Waals surface area (Å²) in [6.07, 6.45) is 3.01. The van der Waals surface area contributed by atoms with Crippen LogP contribution in [0.25, 0.3) is 0 Å². The van der Waals surface area contributed by atoms with Crippen molar-refractivity contribution in [1.82, 2.24) is 4.98 Å². The van der Waals surface area contributed by atoms with Crippen LogP contribution in [-0.2, 0) is 4.79 Å². The Morgan fingerprint density at radius 2 is 2.29 bits per heavy atom. The molecule has 0 aliphatic carbocycles. The number of nitrogens with two attached hydrogens (primary N) is 1. The molecule has 1 amide bonds. The van der Waals surface area contributed by atoms with Crippen molar-refractivity contribution in [3.05, 3.63) is 18.3 Å². The van der Waals surface area contributed by atoms with Crippen LogP contribution in [0.3, 0.4) is 0 Å². The molecular formula is C10H15N3O. The van der Waals surface area contributed by atoms with Crippen LogP contribution < -0.4 is 10.6 Å². The van der Waals surface area contributed by atoms with Gasteiger partial charge in [0, 0.05) is 13.5 Å². The number of rotatable bonds is 3. The molecular weight excluding hydrogens is 178 g/mol. The topological polar surface area (TPSA) is 59.2 Å². The molecule has 2 N–H and O–H groups in total. The molecule has 0 fully saturated rings. The number of amides is 1. The molecule has 0 aliphatic heterocycles. The molecule has 1 rings (SSSR count). The summed E-state index contributed by atoms with van der Waals surface area (Å²) in [5.41, 5.74) is 6.22. The van der Waals surface area contributed by atoms with Gasteiger partial charge in [-0.2, -0.15) is 0 Å². The molecule has 1 heterocycles. The van der Waals surface area contributed by atoms with Gasteiger partial charge in [-0.05, 0) is 18.6 Å². The summed E-state index contributed by atoms with van der Waals surface area (Å²) < 4.78 is 0. The SMILES string of the molecule is CCCC(=O)N(C)c1ccc(N)nc1. The summed E-state index contributed by atoms with van der Waals surface area (Å²) in [5.74, 6) is 0.559. The second-order valence-electron chi connectivity index (χ2n) is 3.14. The van der Waals surface area contributed by atoms with Gasteiger partial charge < -0.3 is 10.6 Å². The van der Waals surface area contributed by atoms with Gasteiger partial charge in [-0.25, -0.2) is 4.98 Å². The van der Waals surface area contributed by atoms with E-state index in [1.165, 1.54) is 0 Å². The van der Waals surface area contributed by atoms with Crippen molar-refractivity contribution in [3.8, 4) is 0 Å². The molecule has 0 saturated heterocycles. The van der Waals surface area contributed by atoms with Crippen LogP contribution in [0.2, 0.25) is 0 Å². The fraction of sp³-hybridized carbons (Fsp3) is 0.400. The lowest BCUT2D eigenvalue weighted by atomic mass is 10.3. The smallest absolute Gasteiger partial charge is 0.226 e. The Hall–Kier alpha value is -1.58. The summed E-state index contributed by atoms with van der Waals surface area (Å²) in [6.45, 7) is 1.98. The van der Waals surface area contributed by atoms with Gasteiger partial charge in [0.25, 0.3) is 0 Å². The van der Waals surface area contributed by atoms with E-state index in [1.807, 2.05) is 6.92 Å². The minimum Gasteiger partial charge on any atom is -0.384 e. The maximum Gasteiger partial charge on any atom is 0.226 e. The number of nitrogen functional groups attached to an aromatic ring is 1. The molecule has 0 radical (unpaired) electrons. The van der Waals surface area contributed by atoms with Crippen molar-refractivity contribution < 1.29 is 4.79 Å². The molecule has 0 aliphatic rings. The Labute approximate surface area is 83.7 Å². The Kier molecular flexibility index (Phi) is 3.45. The number of hydrogen-bond donors (Lipinski definition) is 1. The van der Waals surface area contributed by atoms with Crippen LogP contribution in [0, 0.1) is 0 Å². The Balaban J connectivity index is 2.73. The highest BCUT2D eigenvalue weighted by atomic mass is 16.2. The monoisotopic (exact) mass is 193 g/mol. The zero-order valence-corrected chi connectivity index (χ0v) is 8.53. The first-order valence-electron chi connectivity index (χ1n) is 4.63. The Morgan fingerprint density at radius 3 is 2.79 bits per heavy atom. The van der Waals surface area contributed by atoms with Gasteiger partial charge in [-0.15, -0.1) is 0 Å². The summed E-state index contributed by atoms with van der Waals surface area (Å²) in [6, 6.07) is 3.47. The van der Waals surface area contributed by atoms with Crippen LogP contribution >= 0.6 is 0 Å². The number of nitrogens with zero attached hydrogens (tertiary/aromatic N) is 2. The number of aromatic nitrogens is 1. The molecule has 76 valence electrons. The lowest BCUT2D eigenvalue weighted by molar-refractivity contribution is -0.118. The van der Waals surface area contributed by atoms with Gasteiger partial charge in [0.2, 0.25) is 5.91 Å². The fourth-order valence-corrected chi connectivity index (χ4v) is 1.12. The molecule has 0 unspecified atom stereocenters. The molecule has 0 atom stereocenters. The predicted molar refractivity (Wildman–Crippen MR) is 57.0 cm³/mol. The molecule has 14 heavy (non-hydrogen) atoms. The third kappa shape index (κ3) is 2.45. The van der Waals surface area contributed by atoms with E-state index in [-0.39, 0.29) is 5.91 Å². The maximum atomic E-state index is 11.5. The Morgan fingerprint density at radius 1 is 1.57 bits per heavy atom. The third-order valence-electron chi connectivity index (χ3n) is 2.00. The van der Waals surface area contributed by atoms with Gasteiger partial charge in [0.05, 0.1) is 11.9 Å². The van der Waals surface area contributed by atoms with E-state index in [2.05, 4.69) is 4.98 Å². The normalized spacial score (nSPS) is 9.86. The van der Waals surface area contributed by atoms with Gasteiger partial charge >= 0.3 is 0 Å². The first kappa shape index (κ1) is 10.5. The Bertz CT molecular complexity index is 308. The zero-order valence-electron chi connectivity index (χ0n) is 8.53. The van der Waals surface area contributed by atoms with Gasteiger partial charge in [-0.3, -0.25) is 4.79 Å². The minimum atomic E-state index is 0.0964. The molecule has 0 spiro atoms. The molecule has 0 bridgehead atoms. The second-order valence-corrected chi connectivity index (χ2v) is 3.14. The summed E-state index contributed by atoms with van der Waals surface area (Å²) in [5, 5.41) is 0. The number of carbonyl (C=O) groups is 1. The first-order valence-corrected chi connectivity index (χ1v) is 4.63. The molecule has 4 nitrogen and oxygen atoms in total. The van der Waals surface area contributed by atoms with Crippen molar-refractivity contribution in [2.45, 2.75) is 19.8 Å². The summed E-state index contributed by atoms with van der Waals surface area (Å²) >= 11 is 0. The van der Waals surface area contributed by atoms with Crippen LogP contribution in [-0.4, -0.2) is 17.9 Å². The van der Waals surface area contributed by atoms with Crippen LogP contribution in [0.5, 0.6) is 0 Å². The minimum absolute atomic E-state index is 0.0964. The standard InChI is InChI=1S/C10H15N3O/c1-3-4-10(14)13(2)8-5-6-9(11)12-7-8/h5-7H,3-4H2,1-2H3,(H2,11,12). The van der Waals surface area contributed by atoms with E-state index in [4.69, 9.17) is 5.73 Å². The highest BCUT2D eigenvalue weighted by Gasteiger charge is 2.09. The predicted octanol–water partition coefficient (Wildman–Crippen LogP) is 1.43. The lowest BCUT2D eigenvalue weighted by Gasteiger charge is -2.16. The van der Waals surface area contributed by atoms with E-state index >= 15 is 0 Å². The average Bonchev–Trinajstić information content (AvgIpc) is 2.18. The highest BCUT2D eigenvalue weighted by molar-refractivity contribution is 5.92. The van der Waals surface area contributed by atoms with E-state index in [9.17, 15) is 4.79 Å². The summed E-state index contributed by atoms with van der Waals surface area (Å²) in [7, 11) is 1.74. The van der Waals surface area contributed by atoms with E-state index in [0.29, 0.717) is 12.2 Å². The quantitative estimate of drug-likeness (QED) is 0.789. The zero-order chi connectivity index (χ0) is 10.6. The van der Waals surface area contributed by atoms with E-state index in [0.717, 1.165) is 12.1 Å². The van der Waals surface area contributed by atoms with Gasteiger partial charge in [0.15, 0.2) is 0 Å². The van der Waals surface area contributed by atoms with Crippen molar-refractivity contribution in [1.29, 1.82) is 0 Å². The highest BCUT2D eigenvalue weighted by Crippen LogP contribution is 2.13. The molecule has 1 aromatic heterocycles. The summed E-state index contributed by atoms with van der Waals surface area (Å²) in [4.78, 5) is 17.0. The van der Waals surface area contributed by atoms with Crippen LogP contribution in [0.1, 0.15) is 19.8 Å². The third-order valence-corrected chi connectivity index (χ3v) is 2.00. The van der Waals surface area contributed by atoms with Crippen molar-refractivity contribution in [3.63, 3.8) is 0 Å². The van der Waals surface area contributed by atoms with Crippen molar-refractivity contribution in [2.24, 2.45) is 0 Å². The van der Waals surface area contributed by atoms with Gasteiger partial charge in [-0.1, -0.05) is 6.92 Å². The molecule has 0 saturated carbocycles. The molecule has 1 aromatic rings.